The van der Waals surface area contributed by atoms with E-state index in [9.17, 15) is 4.79 Å². The number of carbonyl (C=O) groups excluding carboxylic acids is 1. The van der Waals surface area contributed by atoms with Gasteiger partial charge in [-0.25, -0.2) is 0 Å². The third-order valence-electron chi connectivity index (χ3n) is 2.31. The van der Waals surface area contributed by atoms with Crippen molar-refractivity contribution in [3.8, 4) is 0 Å². The third-order valence-corrected chi connectivity index (χ3v) is 2.31. The highest BCUT2D eigenvalue weighted by Gasteiger charge is 2.20. The molecule has 0 aliphatic rings. The highest BCUT2D eigenvalue weighted by atomic mass is 16.1. The van der Waals surface area contributed by atoms with Gasteiger partial charge in [0.25, 0.3) is 0 Å². The Morgan fingerprint density at radius 2 is 1.92 bits per heavy atom. The van der Waals surface area contributed by atoms with Crippen molar-refractivity contribution in [1.29, 1.82) is 0 Å². The number of hydrogen-bond donors (Lipinski definition) is 3. The van der Waals surface area contributed by atoms with Crippen molar-refractivity contribution in [3.63, 3.8) is 0 Å². The first-order valence-corrected chi connectivity index (χ1v) is 4.53. The average molecular weight is 187 g/mol. The lowest BCUT2D eigenvalue weighted by Crippen LogP contribution is -2.49. The maximum atomic E-state index is 10.6. The summed E-state index contributed by atoms with van der Waals surface area (Å²) >= 11 is 0. The molecule has 0 fully saturated rings. The van der Waals surface area contributed by atoms with E-state index < -0.39 is 11.9 Å². The summed E-state index contributed by atoms with van der Waals surface area (Å²) in [6, 6.07) is -0.289. The van der Waals surface area contributed by atoms with Gasteiger partial charge in [0.1, 0.15) is 0 Å². The summed E-state index contributed by atoms with van der Waals surface area (Å²) in [7, 11) is 0. The summed E-state index contributed by atoms with van der Waals surface area (Å²) in [5.41, 5.74) is 10.7. The lowest BCUT2D eigenvalue weighted by atomic mass is 9.88. The van der Waals surface area contributed by atoms with E-state index in [4.69, 9.17) is 11.5 Å². The molecule has 13 heavy (non-hydrogen) atoms. The fourth-order valence-electron chi connectivity index (χ4n) is 0.711. The Morgan fingerprint density at radius 1 is 1.46 bits per heavy atom. The van der Waals surface area contributed by atoms with E-state index in [-0.39, 0.29) is 5.41 Å². The molecule has 0 aromatic rings. The summed E-state index contributed by atoms with van der Waals surface area (Å²) < 4.78 is 0. The average Bonchev–Trinajstić information content (AvgIpc) is 1.97. The lowest BCUT2D eigenvalue weighted by molar-refractivity contribution is -0.119. The largest absolute Gasteiger partial charge is 0.368 e. The van der Waals surface area contributed by atoms with E-state index >= 15 is 0 Å². The topological polar surface area (TPSA) is 81.1 Å². The van der Waals surface area contributed by atoms with Gasteiger partial charge in [0.05, 0.1) is 6.04 Å². The molecule has 0 rings (SSSR count). The Kier molecular flexibility index (Phi) is 4.36. The highest BCUT2D eigenvalue weighted by Crippen LogP contribution is 2.17. The van der Waals surface area contributed by atoms with Crippen molar-refractivity contribution in [2.45, 2.75) is 39.8 Å². The Bertz CT molecular complexity index is 174. The van der Waals surface area contributed by atoms with E-state index in [1.165, 1.54) is 0 Å². The van der Waals surface area contributed by atoms with Gasteiger partial charge in [-0.15, -0.1) is 0 Å². The van der Waals surface area contributed by atoms with Crippen LogP contribution in [0, 0.1) is 5.41 Å². The van der Waals surface area contributed by atoms with Crippen molar-refractivity contribution < 1.29 is 4.79 Å². The number of amides is 1. The van der Waals surface area contributed by atoms with E-state index in [0.717, 1.165) is 0 Å². The number of carbonyl (C=O) groups is 1. The van der Waals surface area contributed by atoms with Crippen molar-refractivity contribution in [3.05, 3.63) is 0 Å². The minimum absolute atomic E-state index is 0.164. The molecular formula is C9H21N3O. The molecule has 0 bridgehead atoms. The molecule has 0 heterocycles. The molecule has 0 aromatic heterocycles. The fraction of sp³-hybridized carbons (Fsp3) is 0.889. The highest BCUT2D eigenvalue weighted by molar-refractivity contribution is 5.79. The molecule has 2 atom stereocenters. The van der Waals surface area contributed by atoms with Crippen LogP contribution in [-0.4, -0.2) is 24.5 Å². The van der Waals surface area contributed by atoms with Crippen molar-refractivity contribution >= 4 is 5.91 Å². The van der Waals surface area contributed by atoms with Gasteiger partial charge in [0.2, 0.25) is 5.91 Å². The predicted molar refractivity (Wildman–Crippen MR) is 54.1 cm³/mol. The quantitative estimate of drug-likeness (QED) is 0.571. The summed E-state index contributed by atoms with van der Waals surface area (Å²) in [6.07, 6.45) is 0. The molecule has 0 spiro atoms. The smallest absolute Gasteiger partial charge is 0.235 e. The minimum Gasteiger partial charge on any atom is -0.368 e. The number of hydrogen-bond acceptors (Lipinski definition) is 3. The Labute approximate surface area is 80.0 Å². The lowest BCUT2D eigenvalue weighted by Gasteiger charge is -2.28. The van der Waals surface area contributed by atoms with E-state index in [2.05, 4.69) is 33.0 Å². The second-order valence-electron chi connectivity index (χ2n) is 4.50. The molecule has 5 N–H and O–H groups in total. The molecule has 2 unspecified atom stereocenters. The van der Waals surface area contributed by atoms with Gasteiger partial charge in [-0.05, 0) is 12.3 Å². The van der Waals surface area contributed by atoms with Crippen molar-refractivity contribution in [2.24, 2.45) is 16.9 Å². The van der Waals surface area contributed by atoms with Gasteiger partial charge in [-0.3, -0.25) is 4.79 Å². The second-order valence-corrected chi connectivity index (χ2v) is 4.50. The Balaban J connectivity index is 3.83. The Hall–Kier alpha value is -0.610. The van der Waals surface area contributed by atoms with Crippen molar-refractivity contribution in [1.82, 2.24) is 5.32 Å². The maximum Gasteiger partial charge on any atom is 0.235 e. The number of primary amides is 1. The van der Waals surface area contributed by atoms with Crippen LogP contribution in [0.5, 0.6) is 0 Å². The van der Waals surface area contributed by atoms with Crippen LogP contribution in [0.25, 0.3) is 0 Å². The zero-order valence-corrected chi connectivity index (χ0v) is 8.92. The summed E-state index contributed by atoms with van der Waals surface area (Å²) in [6.45, 7) is 8.88. The van der Waals surface area contributed by atoms with Crippen LogP contribution < -0.4 is 16.8 Å². The van der Waals surface area contributed by atoms with Gasteiger partial charge >= 0.3 is 0 Å². The van der Waals surface area contributed by atoms with Crippen LogP contribution in [0.15, 0.2) is 0 Å². The number of rotatable bonds is 4. The molecule has 0 radical (unpaired) electrons. The Morgan fingerprint density at radius 3 is 2.23 bits per heavy atom. The van der Waals surface area contributed by atoms with Crippen LogP contribution in [0.2, 0.25) is 0 Å². The van der Waals surface area contributed by atoms with E-state index in [1.54, 1.807) is 0 Å². The fourth-order valence-corrected chi connectivity index (χ4v) is 0.711. The van der Waals surface area contributed by atoms with Gasteiger partial charge in [0.15, 0.2) is 0 Å². The summed E-state index contributed by atoms with van der Waals surface area (Å²) in [5.74, 6) is -0.464. The third kappa shape index (κ3) is 4.85. The standard InChI is InChI=1S/C9H21N3O/c1-6(9(2,3)4)12-5-7(10)8(11)13/h6-7,12H,5,10H2,1-4H3,(H2,11,13). The molecule has 0 aliphatic carbocycles. The van der Waals surface area contributed by atoms with E-state index in [1.807, 2.05) is 0 Å². The zero-order chi connectivity index (χ0) is 10.6. The first-order valence-electron chi connectivity index (χ1n) is 4.53. The normalized spacial score (nSPS) is 16.7. The molecular weight excluding hydrogens is 166 g/mol. The molecule has 4 heteroatoms. The van der Waals surface area contributed by atoms with E-state index in [0.29, 0.717) is 12.6 Å². The van der Waals surface area contributed by atoms with Crippen LogP contribution in [0.4, 0.5) is 0 Å². The molecule has 0 saturated heterocycles. The second kappa shape index (κ2) is 4.58. The molecule has 1 amide bonds. The van der Waals surface area contributed by atoms with Crippen LogP contribution in [0.1, 0.15) is 27.7 Å². The van der Waals surface area contributed by atoms with Gasteiger partial charge in [0, 0.05) is 12.6 Å². The minimum atomic E-state index is -0.593. The summed E-state index contributed by atoms with van der Waals surface area (Å²) in [5, 5.41) is 3.18. The van der Waals surface area contributed by atoms with Crippen LogP contribution in [-0.2, 0) is 4.79 Å². The SMILES string of the molecule is CC(NCC(N)C(N)=O)C(C)(C)C. The van der Waals surface area contributed by atoms with Crippen LogP contribution in [0.3, 0.4) is 0 Å². The molecule has 78 valence electrons. The first kappa shape index (κ1) is 12.4. The monoisotopic (exact) mass is 187 g/mol. The van der Waals surface area contributed by atoms with Crippen LogP contribution >= 0.6 is 0 Å². The molecule has 4 nitrogen and oxygen atoms in total. The predicted octanol–water partition coefficient (Wildman–Crippen LogP) is -0.177. The maximum absolute atomic E-state index is 10.6. The number of nitrogens with two attached hydrogens (primary N) is 2. The molecule has 0 saturated carbocycles. The van der Waals surface area contributed by atoms with Gasteiger partial charge in [-0.2, -0.15) is 0 Å². The number of nitrogens with one attached hydrogen (secondary N) is 1. The van der Waals surface area contributed by atoms with Gasteiger partial charge in [-0.1, -0.05) is 20.8 Å². The molecule has 0 aliphatic heterocycles. The summed E-state index contributed by atoms with van der Waals surface area (Å²) in [4.78, 5) is 10.6. The molecule has 0 aromatic carbocycles. The first-order chi connectivity index (χ1) is 5.75. The van der Waals surface area contributed by atoms with Gasteiger partial charge < -0.3 is 16.8 Å². The van der Waals surface area contributed by atoms with Crippen molar-refractivity contribution in [2.75, 3.05) is 6.54 Å². The zero-order valence-electron chi connectivity index (χ0n) is 8.92.